The first-order valence-corrected chi connectivity index (χ1v) is 8.02. The summed E-state index contributed by atoms with van der Waals surface area (Å²) < 4.78 is 10.6. The number of aryl methyl sites for hydroxylation is 1. The van der Waals surface area contributed by atoms with Crippen LogP contribution in [0, 0.1) is 0 Å². The Labute approximate surface area is 130 Å². The van der Waals surface area contributed by atoms with Crippen LogP contribution in [0.1, 0.15) is 35.2 Å². The topological polar surface area (TPSA) is 30.5 Å². The Kier molecular flexibility index (Phi) is 5.65. The lowest BCUT2D eigenvalue weighted by Crippen LogP contribution is -2.17. The summed E-state index contributed by atoms with van der Waals surface area (Å²) in [6.07, 6.45) is 1.10. The predicted molar refractivity (Wildman–Crippen MR) is 88.5 cm³/mol. The van der Waals surface area contributed by atoms with Crippen molar-refractivity contribution in [2.45, 2.75) is 32.9 Å². The molecule has 0 saturated heterocycles. The Morgan fingerprint density at radius 2 is 1.86 bits per heavy atom. The van der Waals surface area contributed by atoms with Crippen molar-refractivity contribution in [1.29, 1.82) is 0 Å². The second kappa shape index (κ2) is 7.48. The van der Waals surface area contributed by atoms with Crippen molar-refractivity contribution in [2.24, 2.45) is 0 Å². The highest BCUT2D eigenvalue weighted by molar-refractivity contribution is 7.12. The second-order valence-electron chi connectivity index (χ2n) is 4.95. The minimum Gasteiger partial charge on any atom is -0.493 e. The maximum absolute atomic E-state index is 5.34. The van der Waals surface area contributed by atoms with Gasteiger partial charge in [0.2, 0.25) is 0 Å². The van der Waals surface area contributed by atoms with Crippen molar-refractivity contribution < 1.29 is 9.47 Å². The zero-order valence-electron chi connectivity index (χ0n) is 13.1. The summed E-state index contributed by atoms with van der Waals surface area (Å²) in [6.45, 7) is 5.20. The van der Waals surface area contributed by atoms with Gasteiger partial charge in [-0.15, -0.1) is 11.3 Å². The van der Waals surface area contributed by atoms with E-state index in [0.717, 1.165) is 24.5 Å². The Bertz CT molecular complexity index is 580. The third-order valence-electron chi connectivity index (χ3n) is 3.52. The van der Waals surface area contributed by atoms with E-state index in [2.05, 4.69) is 37.4 Å². The normalized spacial score (nSPS) is 12.2. The molecule has 0 fully saturated rings. The lowest BCUT2D eigenvalue weighted by atomic mass is 10.2. The second-order valence-corrected chi connectivity index (χ2v) is 6.15. The highest BCUT2D eigenvalue weighted by atomic mass is 32.1. The van der Waals surface area contributed by atoms with Crippen LogP contribution < -0.4 is 14.8 Å². The van der Waals surface area contributed by atoms with E-state index in [1.165, 1.54) is 15.3 Å². The Morgan fingerprint density at radius 3 is 2.48 bits per heavy atom. The highest BCUT2D eigenvalue weighted by Gasteiger charge is 2.09. The summed E-state index contributed by atoms with van der Waals surface area (Å²) >= 11 is 1.88. The molecular formula is C17H23NO2S. The van der Waals surface area contributed by atoms with Crippen LogP contribution in [-0.2, 0) is 13.0 Å². The van der Waals surface area contributed by atoms with E-state index in [1.807, 2.05) is 23.5 Å². The largest absolute Gasteiger partial charge is 0.493 e. The first-order chi connectivity index (χ1) is 10.2. The number of rotatable bonds is 7. The fourth-order valence-corrected chi connectivity index (χ4v) is 3.16. The molecule has 2 aromatic rings. The van der Waals surface area contributed by atoms with Crippen LogP contribution in [0.25, 0.3) is 0 Å². The molecule has 0 bridgehead atoms. The van der Waals surface area contributed by atoms with Crippen LogP contribution in [0.3, 0.4) is 0 Å². The summed E-state index contributed by atoms with van der Waals surface area (Å²) in [5.74, 6) is 1.54. The lowest BCUT2D eigenvalue weighted by Gasteiger charge is -2.14. The van der Waals surface area contributed by atoms with E-state index in [-0.39, 0.29) is 0 Å². The number of ether oxygens (including phenoxy) is 2. The van der Waals surface area contributed by atoms with E-state index in [1.54, 1.807) is 14.2 Å². The van der Waals surface area contributed by atoms with Crippen molar-refractivity contribution >= 4 is 11.3 Å². The van der Waals surface area contributed by atoms with Gasteiger partial charge in [-0.3, -0.25) is 0 Å². The van der Waals surface area contributed by atoms with Crippen LogP contribution in [0.2, 0.25) is 0 Å². The monoisotopic (exact) mass is 305 g/mol. The predicted octanol–water partition coefficient (Wildman–Crippen LogP) is 4.18. The van der Waals surface area contributed by atoms with Gasteiger partial charge in [-0.1, -0.05) is 13.0 Å². The van der Waals surface area contributed by atoms with Crippen molar-refractivity contribution in [3.63, 3.8) is 0 Å². The minimum absolute atomic E-state index is 0.350. The van der Waals surface area contributed by atoms with E-state index >= 15 is 0 Å². The van der Waals surface area contributed by atoms with E-state index in [4.69, 9.17) is 9.47 Å². The Morgan fingerprint density at radius 1 is 1.10 bits per heavy atom. The molecule has 2 rings (SSSR count). The number of methoxy groups -OCH3 is 2. The molecule has 1 heterocycles. The average molecular weight is 305 g/mol. The van der Waals surface area contributed by atoms with E-state index in [9.17, 15) is 0 Å². The molecule has 0 aliphatic heterocycles. The SMILES string of the molecule is CCc1ccc(C(C)NCc2ccc(OC)c(OC)c2)s1. The summed E-state index contributed by atoms with van der Waals surface area (Å²) in [4.78, 5) is 2.82. The zero-order valence-corrected chi connectivity index (χ0v) is 13.9. The summed E-state index contributed by atoms with van der Waals surface area (Å²) in [5.41, 5.74) is 1.19. The molecule has 0 spiro atoms. The molecule has 0 aliphatic rings. The van der Waals surface area contributed by atoms with Crippen LogP contribution in [0.4, 0.5) is 0 Å². The minimum atomic E-state index is 0.350. The molecule has 1 aromatic carbocycles. The standard InChI is InChI=1S/C17H23NO2S/c1-5-14-7-9-17(21-14)12(2)18-11-13-6-8-15(19-3)16(10-13)20-4/h6-10,12,18H,5,11H2,1-4H3. The number of hydrogen-bond acceptors (Lipinski definition) is 4. The quantitative estimate of drug-likeness (QED) is 0.832. The first kappa shape index (κ1) is 15.9. The molecule has 1 atom stereocenters. The lowest BCUT2D eigenvalue weighted by molar-refractivity contribution is 0.354. The zero-order chi connectivity index (χ0) is 15.2. The third-order valence-corrected chi connectivity index (χ3v) is 4.93. The van der Waals surface area contributed by atoms with Crippen LogP contribution in [0.15, 0.2) is 30.3 Å². The molecule has 21 heavy (non-hydrogen) atoms. The number of nitrogens with one attached hydrogen (secondary N) is 1. The van der Waals surface area contributed by atoms with Gasteiger partial charge in [0.25, 0.3) is 0 Å². The van der Waals surface area contributed by atoms with Gasteiger partial charge in [0.05, 0.1) is 14.2 Å². The number of thiophene rings is 1. The van der Waals surface area contributed by atoms with Gasteiger partial charge >= 0.3 is 0 Å². The van der Waals surface area contributed by atoms with Crippen LogP contribution in [-0.4, -0.2) is 14.2 Å². The molecule has 0 saturated carbocycles. The molecule has 4 heteroatoms. The fraction of sp³-hybridized carbons (Fsp3) is 0.412. The summed E-state index contributed by atoms with van der Waals surface area (Å²) in [7, 11) is 3.32. The average Bonchev–Trinajstić information content (AvgIpc) is 3.01. The molecule has 1 N–H and O–H groups in total. The fourth-order valence-electron chi connectivity index (χ4n) is 2.18. The summed E-state index contributed by atoms with van der Waals surface area (Å²) in [6, 6.07) is 10.8. The van der Waals surface area contributed by atoms with Gasteiger partial charge in [-0.25, -0.2) is 0 Å². The maximum atomic E-state index is 5.34. The van der Waals surface area contributed by atoms with Gasteiger partial charge in [0.1, 0.15) is 0 Å². The Balaban J connectivity index is 1.99. The van der Waals surface area contributed by atoms with Crippen LogP contribution in [0.5, 0.6) is 11.5 Å². The van der Waals surface area contributed by atoms with Gasteiger partial charge in [-0.05, 0) is 43.2 Å². The molecule has 114 valence electrons. The third kappa shape index (κ3) is 3.99. The van der Waals surface area contributed by atoms with Crippen molar-refractivity contribution in [1.82, 2.24) is 5.32 Å². The van der Waals surface area contributed by atoms with Crippen molar-refractivity contribution in [3.05, 3.63) is 45.6 Å². The smallest absolute Gasteiger partial charge is 0.161 e. The molecule has 0 radical (unpaired) electrons. The molecular weight excluding hydrogens is 282 g/mol. The van der Waals surface area contributed by atoms with E-state index in [0.29, 0.717) is 6.04 Å². The van der Waals surface area contributed by atoms with Crippen molar-refractivity contribution in [2.75, 3.05) is 14.2 Å². The summed E-state index contributed by atoms with van der Waals surface area (Å²) in [5, 5.41) is 3.56. The molecule has 3 nitrogen and oxygen atoms in total. The molecule has 0 amide bonds. The van der Waals surface area contributed by atoms with E-state index < -0.39 is 0 Å². The van der Waals surface area contributed by atoms with Gasteiger partial charge < -0.3 is 14.8 Å². The molecule has 1 unspecified atom stereocenters. The number of hydrogen-bond donors (Lipinski definition) is 1. The first-order valence-electron chi connectivity index (χ1n) is 7.20. The number of benzene rings is 1. The molecule has 1 aromatic heterocycles. The van der Waals surface area contributed by atoms with Gasteiger partial charge in [0.15, 0.2) is 11.5 Å². The van der Waals surface area contributed by atoms with Gasteiger partial charge in [-0.2, -0.15) is 0 Å². The Hall–Kier alpha value is -1.52. The molecule has 0 aliphatic carbocycles. The van der Waals surface area contributed by atoms with Crippen molar-refractivity contribution in [3.8, 4) is 11.5 Å². The maximum Gasteiger partial charge on any atom is 0.161 e. The van der Waals surface area contributed by atoms with Gasteiger partial charge in [0, 0.05) is 22.3 Å². The highest BCUT2D eigenvalue weighted by Crippen LogP contribution is 2.28. The van der Waals surface area contributed by atoms with Crippen LogP contribution >= 0.6 is 11.3 Å².